The molecule has 0 saturated carbocycles. The highest BCUT2D eigenvalue weighted by atomic mass is 16.2. The fourth-order valence-electron chi connectivity index (χ4n) is 5.15. The molecule has 2 fully saturated rings. The molecule has 0 radical (unpaired) electrons. The third kappa shape index (κ3) is 7.40. The minimum Gasteiger partial charge on any atom is -0.337 e. The number of nitrogens with zero attached hydrogens (tertiary/aromatic N) is 4. The standard InChI is InChI=1S/C30H42N4O2/c1-31-17-5-19-33(23-21-31)29(35)27-13-9-25(10-14-27)7-3-4-8-26-11-15-28(16-12-26)30(36)34-20-6-18-32(2)22-24-34/h9-16H,3-8,17-24H2,1-2H3. The van der Waals surface area contributed by atoms with Gasteiger partial charge in [0.15, 0.2) is 0 Å². The number of hydrogen-bond donors (Lipinski definition) is 0. The van der Waals surface area contributed by atoms with Crippen LogP contribution in [-0.4, -0.2) is 97.9 Å². The number of benzene rings is 2. The maximum atomic E-state index is 12.9. The largest absolute Gasteiger partial charge is 0.337 e. The van der Waals surface area contributed by atoms with E-state index in [0.717, 1.165) is 102 Å². The summed E-state index contributed by atoms with van der Waals surface area (Å²) in [7, 11) is 4.24. The van der Waals surface area contributed by atoms with Crippen molar-refractivity contribution in [1.82, 2.24) is 19.6 Å². The van der Waals surface area contributed by atoms with Gasteiger partial charge in [-0.1, -0.05) is 24.3 Å². The highest BCUT2D eigenvalue weighted by Crippen LogP contribution is 2.15. The van der Waals surface area contributed by atoms with E-state index in [2.05, 4.69) is 48.2 Å². The van der Waals surface area contributed by atoms with Crippen molar-refractivity contribution in [3.05, 3.63) is 70.8 Å². The molecule has 36 heavy (non-hydrogen) atoms. The second-order valence-corrected chi connectivity index (χ2v) is 10.5. The van der Waals surface area contributed by atoms with Gasteiger partial charge in [0.05, 0.1) is 0 Å². The summed E-state index contributed by atoms with van der Waals surface area (Å²) in [6, 6.07) is 16.4. The number of likely N-dealkylation sites (N-methyl/N-ethyl adjacent to an activating group) is 2. The van der Waals surface area contributed by atoms with Crippen LogP contribution in [0.15, 0.2) is 48.5 Å². The Hall–Kier alpha value is -2.70. The number of rotatable bonds is 7. The molecule has 2 heterocycles. The Morgan fingerprint density at radius 1 is 0.556 bits per heavy atom. The minimum absolute atomic E-state index is 0.155. The molecule has 0 atom stereocenters. The number of hydrogen-bond acceptors (Lipinski definition) is 4. The molecule has 0 aliphatic carbocycles. The number of carbonyl (C=O) groups excluding carboxylic acids is 2. The summed E-state index contributed by atoms with van der Waals surface area (Å²) >= 11 is 0. The van der Waals surface area contributed by atoms with E-state index in [-0.39, 0.29) is 11.8 Å². The van der Waals surface area contributed by atoms with Gasteiger partial charge < -0.3 is 19.6 Å². The van der Waals surface area contributed by atoms with Crippen molar-refractivity contribution in [1.29, 1.82) is 0 Å². The lowest BCUT2D eigenvalue weighted by Crippen LogP contribution is -2.34. The van der Waals surface area contributed by atoms with Crippen molar-refractivity contribution >= 4 is 11.8 Å². The molecule has 2 aromatic carbocycles. The van der Waals surface area contributed by atoms with Gasteiger partial charge in [0.1, 0.15) is 0 Å². The molecule has 2 aromatic rings. The lowest BCUT2D eigenvalue weighted by Gasteiger charge is -2.20. The first-order valence-corrected chi connectivity index (χ1v) is 13.6. The number of aryl methyl sites for hydroxylation is 2. The van der Waals surface area contributed by atoms with Crippen LogP contribution in [-0.2, 0) is 12.8 Å². The van der Waals surface area contributed by atoms with Crippen molar-refractivity contribution in [2.24, 2.45) is 0 Å². The van der Waals surface area contributed by atoms with Crippen LogP contribution < -0.4 is 0 Å². The van der Waals surface area contributed by atoms with E-state index in [1.165, 1.54) is 11.1 Å². The Balaban J connectivity index is 1.19. The first-order valence-electron chi connectivity index (χ1n) is 13.6. The van der Waals surface area contributed by atoms with Crippen LogP contribution in [0, 0.1) is 0 Å². The molecule has 0 unspecified atom stereocenters. The number of unbranched alkanes of at least 4 members (excludes halogenated alkanes) is 1. The van der Waals surface area contributed by atoms with Crippen LogP contribution >= 0.6 is 0 Å². The molecule has 0 aromatic heterocycles. The maximum Gasteiger partial charge on any atom is 0.253 e. The smallest absolute Gasteiger partial charge is 0.253 e. The van der Waals surface area contributed by atoms with Crippen LogP contribution in [0.4, 0.5) is 0 Å². The Bertz CT molecular complexity index is 908. The van der Waals surface area contributed by atoms with E-state index in [4.69, 9.17) is 0 Å². The van der Waals surface area contributed by atoms with Gasteiger partial charge in [-0.05, 0) is 101 Å². The number of carbonyl (C=O) groups is 2. The van der Waals surface area contributed by atoms with Gasteiger partial charge >= 0.3 is 0 Å². The summed E-state index contributed by atoms with van der Waals surface area (Å²) in [6.45, 7) is 7.30. The van der Waals surface area contributed by atoms with Crippen molar-refractivity contribution in [3.63, 3.8) is 0 Å². The summed E-state index contributed by atoms with van der Waals surface area (Å²) in [5.74, 6) is 0.309. The maximum absolute atomic E-state index is 12.9. The van der Waals surface area contributed by atoms with Crippen molar-refractivity contribution < 1.29 is 9.59 Å². The SMILES string of the molecule is CN1CCCN(C(=O)c2ccc(CCCCc3ccc(C(=O)N4CCCN(C)CC4)cc3)cc2)CC1. The van der Waals surface area contributed by atoms with E-state index in [1.807, 2.05) is 34.1 Å². The summed E-state index contributed by atoms with van der Waals surface area (Å²) in [4.78, 5) is 34.3. The van der Waals surface area contributed by atoms with E-state index in [0.29, 0.717) is 0 Å². The second-order valence-electron chi connectivity index (χ2n) is 10.5. The van der Waals surface area contributed by atoms with E-state index < -0.39 is 0 Å². The molecule has 194 valence electrons. The van der Waals surface area contributed by atoms with Gasteiger partial charge in [-0.3, -0.25) is 9.59 Å². The molecule has 2 aliphatic rings. The highest BCUT2D eigenvalue weighted by Gasteiger charge is 2.20. The quantitative estimate of drug-likeness (QED) is 0.554. The average Bonchev–Trinajstić information content (AvgIpc) is 3.26. The van der Waals surface area contributed by atoms with Gasteiger partial charge in [0.2, 0.25) is 0 Å². The molecule has 0 N–H and O–H groups in total. The highest BCUT2D eigenvalue weighted by molar-refractivity contribution is 5.94. The first kappa shape index (κ1) is 26.4. The van der Waals surface area contributed by atoms with Crippen molar-refractivity contribution in [2.45, 2.75) is 38.5 Å². The Kier molecular flexibility index (Phi) is 9.54. The fraction of sp³-hybridized carbons (Fsp3) is 0.533. The first-order chi connectivity index (χ1) is 17.5. The zero-order valence-electron chi connectivity index (χ0n) is 22.1. The Morgan fingerprint density at radius 2 is 0.944 bits per heavy atom. The van der Waals surface area contributed by atoms with E-state index in [9.17, 15) is 9.59 Å². The molecular weight excluding hydrogens is 448 g/mol. The lowest BCUT2D eigenvalue weighted by atomic mass is 10.0. The third-order valence-corrected chi connectivity index (χ3v) is 7.60. The summed E-state index contributed by atoms with van der Waals surface area (Å²) < 4.78 is 0. The van der Waals surface area contributed by atoms with Crippen LogP contribution in [0.3, 0.4) is 0 Å². The molecule has 4 rings (SSSR count). The zero-order valence-corrected chi connectivity index (χ0v) is 22.1. The van der Waals surface area contributed by atoms with Gasteiger partial charge in [-0.2, -0.15) is 0 Å². The molecule has 2 saturated heterocycles. The fourth-order valence-corrected chi connectivity index (χ4v) is 5.15. The van der Waals surface area contributed by atoms with Gasteiger partial charge in [0.25, 0.3) is 11.8 Å². The van der Waals surface area contributed by atoms with Crippen LogP contribution in [0.1, 0.15) is 57.5 Å². The zero-order chi connectivity index (χ0) is 25.3. The molecule has 2 amide bonds. The van der Waals surface area contributed by atoms with Crippen LogP contribution in [0.25, 0.3) is 0 Å². The summed E-state index contributed by atoms with van der Waals surface area (Å²) in [5.41, 5.74) is 4.16. The molecule has 2 aliphatic heterocycles. The van der Waals surface area contributed by atoms with Gasteiger partial charge in [0, 0.05) is 50.4 Å². The Labute approximate surface area is 216 Å². The van der Waals surface area contributed by atoms with Crippen LogP contribution in [0.2, 0.25) is 0 Å². The summed E-state index contributed by atoms with van der Waals surface area (Å²) in [6.07, 6.45) is 6.32. The monoisotopic (exact) mass is 490 g/mol. The van der Waals surface area contributed by atoms with Gasteiger partial charge in [-0.15, -0.1) is 0 Å². The third-order valence-electron chi connectivity index (χ3n) is 7.60. The summed E-state index contributed by atoms with van der Waals surface area (Å²) in [5, 5.41) is 0. The lowest BCUT2D eigenvalue weighted by molar-refractivity contribution is 0.0755. The van der Waals surface area contributed by atoms with Crippen molar-refractivity contribution in [2.75, 3.05) is 66.5 Å². The topological polar surface area (TPSA) is 47.1 Å². The minimum atomic E-state index is 0.155. The van der Waals surface area contributed by atoms with Crippen LogP contribution in [0.5, 0.6) is 0 Å². The predicted octanol–water partition coefficient (Wildman–Crippen LogP) is 3.81. The second kappa shape index (κ2) is 13.0. The van der Waals surface area contributed by atoms with Gasteiger partial charge in [-0.25, -0.2) is 0 Å². The molecule has 6 heteroatoms. The van der Waals surface area contributed by atoms with E-state index in [1.54, 1.807) is 0 Å². The van der Waals surface area contributed by atoms with E-state index >= 15 is 0 Å². The van der Waals surface area contributed by atoms with Crippen molar-refractivity contribution in [3.8, 4) is 0 Å². The molecular formula is C30H42N4O2. The average molecular weight is 491 g/mol. The number of amides is 2. The normalized spacial score (nSPS) is 18.1. The Morgan fingerprint density at radius 3 is 1.33 bits per heavy atom. The predicted molar refractivity (Wildman–Crippen MR) is 146 cm³/mol. The molecule has 6 nitrogen and oxygen atoms in total. The molecule has 0 spiro atoms. The molecule has 0 bridgehead atoms.